The van der Waals surface area contributed by atoms with Crippen LogP contribution >= 0.6 is 0 Å². The lowest BCUT2D eigenvalue weighted by Crippen LogP contribution is -2.19. The van der Waals surface area contributed by atoms with Gasteiger partial charge in [-0.2, -0.15) is 0 Å². The number of hydrogen-bond donors (Lipinski definition) is 1. The molecule has 0 aliphatic heterocycles. The Labute approximate surface area is 102 Å². The molecule has 0 spiro atoms. The lowest BCUT2D eigenvalue weighted by molar-refractivity contribution is 0.505. The molecule has 94 valence electrons. The second-order valence-corrected chi connectivity index (χ2v) is 5.78. The van der Waals surface area contributed by atoms with Gasteiger partial charge in [0, 0.05) is 16.7 Å². The fourth-order valence-corrected chi connectivity index (χ4v) is 2.63. The Morgan fingerprint density at radius 2 is 2.06 bits per heavy atom. The Morgan fingerprint density at radius 3 is 2.71 bits per heavy atom. The van der Waals surface area contributed by atoms with Crippen LogP contribution in [-0.2, 0) is 10.8 Å². The number of rotatable bonds is 6. The monoisotopic (exact) mass is 259 g/mol. The lowest BCUT2D eigenvalue weighted by atomic mass is 10.3. The molecule has 0 aromatic heterocycles. The molecule has 5 heteroatoms. The second-order valence-electron chi connectivity index (χ2n) is 4.21. The predicted octanol–water partition coefficient (Wildman–Crippen LogP) is 2.21. The van der Waals surface area contributed by atoms with Crippen LogP contribution in [0.1, 0.15) is 19.3 Å². The summed E-state index contributed by atoms with van der Waals surface area (Å²) in [7, 11) is -1.24. The van der Waals surface area contributed by atoms with Crippen molar-refractivity contribution >= 4 is 10.8 Å². The average Bonchev–Trinajstić information content (AvgIpc) is 3.12. The maximum atomic E-state index is 12.9. The first-order chi connectivity index (χ1) is 8.16. The Kier molecular flexibility index (Phi) is 4.23. The molecule has 1 N–H and O–H groups in total. The van der Waals surface area contributed by atoms with Crippen LogP contribution in [0.25, 0.3) is 0 Å². The summed E-state index contributed by atoms with van der Waals surface area (Å²) in [5, 5.41) is 3.32. The van der Waals surface area contributed by atoms with E-state index in [0.717, 1.165) is 25.1 Å². The van der Waals surface area contributed by atoms with Crippen LogP contribution in [0.5, 0.6) is 0 Å². The number of halogens is 2. The summed E-state index contributed by atoms with van der Waals surface area (Å²) in [6, 6.07) is 4.06. The highest BCUT2D eigenvalue weighted by molar-refractivity contribution is 7.85. The van der Waals surface area contributed by atoms with Crippen LogP contribution < -0.4 is 5.32 Å². The van der Waals surface area contributed by atoms with E-state index in [4.69, 9.17) is 0 Å². The predicted molar refractivity (Wildman–Crippen MR) is 63.3 cm³/mol. The van der Waals surface area contributed by atoms with Crippen molar-refractivity contribution in [1.29, 1.82) is 0 Å². The van der Waals surface area contributed by atoms with Gasteiger partial charge in [0.25, 0.3) is 0 Å². The zero-order valence-electron chi connectivity index (χ0n) is 9.42. The highest BCUT2D eigenvalue weighted by Gasteiger charge is 2.19. The Balaban J connectivity index is 1.79. The van der Waals surface area contributed by atoms with Gasteiger partial charge in [-0.05, 0) is 44.0 Å². The molecule has 1 saturated carbocycles. The van der Waals surface area contributed by atoms with Crippen LogP contribution in [0, 0.1) is 11.6 Å². The summed E-state index contributed by atoms with van der Waals surface area (Å²) >= 11 is 0. The van der Waals surface area contributed by atoms with Crippen LogP contribution in [0.4, 0.5) is 8.78 Å². The third-order valence-corrected chi connectivity index (χ3v) is 4.11. The first-order valence-corrected chi connectivity index (χ1v) is 7.05. The Bertz CT molecular complexity index is 421. The summed E-state index contributed by atoms with van der Waals surface area (Å²) in [5.41, 5.74) is 0. The van der Waals surface area contributed by atoms with Crippen molar-refractivity contribution in [3.8, 4) is 0 Å². The molecule has 0 radical (unpaired) electrons. The van der Waals surface area contributed by atoms with Gasteiger partial charge in [-0.15, -0.1) is 0 Å². The van der Waals surface area contributed by atoms with Crippen molar-refractivity contribution in [3.63, 3.8) is 0 Å². The number of nitrogens with one attached hydrogen (secondary N) is 1. The minimum Gasteiger partial charge on any atom is -0.314 e. The van der Waals surface area contributed by atoms with Crippen LogP contribution in [0.15, 0.2) is 23.1 Å². The Morgan fingerprint density at radius 1 is 1.29 bits per heavy atom. The topological polar surface area (TPSA) is 29.1 Å². The fourth-order valence-electron chi connectivity index (χ4n) is 1.53. The molecule has 0 bridgehead atoms. The molecule has 1 aromatic carbocycles. The van der Waals surface area contributed by atoms with E-state index in [0.29, 0.717) is 16.7 Å². The van der Waals surface area contributed by atoms with Gasteiger partial charge in [0.05, 0.1) is 10.8 Å². The van der Waals surface area contributed by atoms with Gasteiger partial charge in [-0.25, -0.2) is 8.78 Å². The first kappa shape index (κ1) is 12.6. The molecule has 1 unspecified atom stereocenters. The van der Waals surface area contributed by atoms with Crippen molar-refractivity contribution < 1.29 is 13.0 Å². The van der Waals surface area contributed by atoms with E-state index >= 15 is 0 Å². The summed E-state index contributed by atoms with van der Waals surface area (Å²) in [5.74, 6) is -1.36. The smallest absolute Gasteiger partial charge is 0.160 e. The molecule has 17 heavy (non-hydrogen) atoms. The summed E-state index contributed by atoms with van der Waals surface area (Å²) < 4.78 is 37.4. The zero-order valence-corrected chi connectivity index (χ0v) is 10.2. The molecule has 2 rings (SSSR count). The highest BCUT2D eigenvalue weighted by atomic mass is 32.2. The number of hydrogen-bond acceptors (Lipinski definition) is 2. The number of benzene rings is 1. The van der Waals surface area contributed by atoms with Gasteiger partial charge in [0.15, 0.2) is 11.6 Å². The SMILES string of the molecule is O=S(CCCNC1CC1)c1ccc(F)c(F)c1. The lowest BCUT2D eigenvalue weighted by Gasteiger charge is -2.04. The Hall–Kier alpha value is -0.810. The van der Waals surface area contributed by atoms with Crippen molar-refractivity contribution in [2.75, 3.05) is 12.3 Å². The van der Waals surface area contributed by atoms with E-state index in [1.807, 2.05) is 0 Å². The van der Waals surface area contributed by atoms with Gasteiger partial charge >= 0.3 is 0 Å². The summed E-state index contributed by atoms with van der Waals surface area (Å²) in [6.45, 7) is 0.833. The van der Waals surface area contributed by atoms with Crippen LogP contribution in [0.3, 0.4) is 0 Å². The largest absolute Gasteiger partial charge is 0.314 e. The van der Waals surface area contributed by atoms with E-state index in [2.05, 4.69) is 5.32 Å². The average molecular weight is 259 g/mol. The third-order valence-electron chi connectivity index (χ3n) is 2.67. The summed E-state index contributed by atoms with van der Waals surface area (Å²) in [6.07, 6.45) is 3.24. The zero-order chi connectivity index (χ0) is 12.3. The van der Waals surface area contributed by atoms with E-state index in [9.17, 15) is 13.0 Å². The molecule has 0 saturated heterocycles. The molecular weight excluding hydrogens is 244 g/mol. The minimum atomic E-state index is -1.24. The molecule has 1 fully saturated rings. The maximum Gasteiger partial charge on any atom is 0.160 e. The van der Waals surface area contributed by atoms with Crippen molar-refractivity contribution in [2.24, 2.45) is 0 Å². The van der Waals surface area contributed by atoms with E-state index in [1.54, 1.807) is 0 Å². The van der Waals surface area contributed by atoms with Crippen LogP contribution in [0.2, 0.25) is 0 Å². The fraction of sp³-hybridized carbons (Fsp3) is 0.500. The van der Waals surface area contributed by atoms with E-state index < -0.39 is 22.4 Å². The first-order valence-electron chi connectivity index (χ1n) is 5.73. The maximum absolute atomic E-state index is 12.9. The van der Waals surface area contributed by atoms with Gasteiger partial charge in [-0.1, -0.05) is 0 Å². The van der Waals surface area contributed by atoms with Gasteiger partial charge in [0.1, 0.15) is 0 Å². The van der Waals surface area contributed by atoms with Crippen molar-refractivity contribution in [1.82, 2.24) is 5.32 Å². The van der Waals surface area contributed by atoms with Crippen molar-refractivity contribution in [2.45, 2.75) is 30.2 Å². The van der Waals surface area contributed by atoms with Crippen molar-refractivity contribution in [3.05, 3.63) is 29.8 Å². The molecule has 1 aliphatic rings. The second kappa shape index (κ2) is 5.69. The summed E-state index contributed by atoms with van der Waals surface area (Å²) in [4.78, 5) is 0.357. The molecular formula is C12H15F2NOS. The molecule has 0 amide bonds. The van der Waals surface area contributed by atoms with Gasteiger partial charge < -0.3 is 5.32 Å². The molecule has 0 heterocycles. The van der Waals surface area contributed by atoms with E-state index in [-0.39, 0.29) is 0 Å². The van der Waals surface area contributed by atoms with E-state index in [1.165, 1.54) is 18.9 Å². The van der Waals surface area contributed by atoms with Crippen LogP contribution in [-0.4, -0.2) is 22.5 Å². The minimum absolute atomic E-state index is 0.357. The molecule has 2 nitrogen and oxygen atoms in total. The quantitative estimate of drug-likeness (QED) is 0.794. The molecule has 1 aliphatic carbocycles. The highest BCUT2D eigenvalue weighted by Crippen LogP contribution is 2.18. The molecule has 1 aromatic rings. The van der Waals surface area contributed by atoms with Gasteiger partial charge in [-0.3, -0.25) is 4.21 Å². The normalized spacial score (nSPS) is 17.1. The standard InChI is InChI=1S/C12H15F2NOS/c13-11-5-4-10(8-12(11)14)17(16)7-1-6-15-9-2-3-9/h4-5,8-9,15H,1-3,6-7H2. The molecule has 1 atom stereocenters. The third kappa shape index (κ3) is 3.85. The van der Waals surface area contributed by atoms with Gasteiger partial charge in [0.2, 0.25) is 0 Å².